The van der Waals surface area contributed by atoms with E-state index in [1.165, 1.54) is 11.3 Å². The maximum Gasteiger partial charge on any atom is 0.203 e. The van der Waals surface area contributed by atoms with Gasteiger partial charge in [0.2, 0.25) is 5.05 Å². The SMILES string of the molecule is CCOC(=S)c1sc2nc(C)nc(-c3cccc(Br)c3)c2c1N. The molecule has 0 saturated carbocycles. The smallest absolute Gasteiger partial charge is 0.203 e. The Morgan fingerprint density at radius 1 is 1.39 bits per heavy atom. The van der Waals surface area contributed by atoms with Gasteiger partial charge in [0.15, 0.2) is 0 Å². The molecular weight excluding hydrogens is 394 g/mol. The number of fused-ring (bicyclic) bond motifs is 1. The van der Waals surface area contributed by atoms with E-state index in [1.807, 2.05) is 38.1 Å². The fraction of sp³-hybridized carbons (Fsp3) is 0.188. The number of thiocarbonyl (C=S) groups is 1. The van der Waals surface area contributed by atoms with E-state index in [1.54, 1.807) is 0 Å². The van der Waals surface area contributed by atoms with Gasteiger partial charge >= 0.3 is 0 Å². The van der Waals surface area contributed by atoms with Gasteiger partial charge in [0.05, 0.1) is 23.4 Å². The standard InChI is InChI=1S/C16H14BrN3OS2/c1-3-21-16(22)14-12(18)11-13(9-5-4-6-10(17)7-9)19-8(2)20-15(11)23-14/h4-7H,3,18H2,1-2H3. The fourth-order valence-corrected chi connectivity index (χ4v) is 4.11. The van der Waals surface area contributed by atoms with Crippen LogP contribution in [0.3, 0.4) is 0 Å². The predicted molar refractivity (Wildman–Crippen MR) is 103 cm³/mol. The topological polar surface area (TPSA) is 61.0 Å². The van der Waals surface area contributed by atoms with Crippen LogP contribution in [0.25, 0.3) is 21.5 Å². The molecule has 0 aliphatic rings. The number of rotatable bonds is 3. The molecule has 23 heavy (non-hydrogen) atoms. The molecule has 2 N–H and O–H groups in total. The lowest BCUT2D eigenvalue weighted by Crippen LogP contribution is -2.03. The minimum Gasteiger partial charge on any atom is -0.483 e. The molecular formula is C16H14BrN3OS2. The summed E-state index contributed by atoms with van der Waals surface area (Å²) in [6, 6.07) is 7.96. The van der Waals surface area contributed by atoms with Crippen LogP contribution < -0.4 is 5.73 Å². The van der Waals surface area contributed by atoms with Crippen molar-refractivity contribution in [1.29, 1.82) is 0 Å². The highest BCUT2D eigenvalue weighted by molar-refractivity contribution is 9.10. The average Bonchev–Trinajstić information content (AvgIpc) is 2.83. The Bertz CT molecular complexity index is 908. The first kappa shape index (κ1) is 16.3. The molecule has 1 aromatic carbocycles. The highest BCUT2D eigenvalue weighted by Crippen LogP contribution is 2.39. The average molecular weight is 408 g/mol. The molecule has 2 aromatic heterocycles. The summed E-state index contributed by atoms with van der Waals surface area (Å²) in [4.78, 5) is 10.7. The Kier molecular flexibility index (Phi) is 4.61. The van der Waals surface area contributed by atoms with Gasteiger partial charge in [-0.25, -0.2) is 9.97 Å². The predicted octanol–water partition coefficient (Wildman–Crippen LogP) is 4.72. The van der Waals surface area contributed by atoms with E-state index >= 15 is 0 Å². The van der Waals surface area contributed by atoms with Gasteiger partial charge in [-0.15, -0.1) is 11.3 Å². The number of nitrogens with zero attached hydrogens (tertiary/aromatic N) is 2. The molecule has 0 amide bonds. The number of hydrogen-bond acceptors (Lipinski definition) is 6. The first-order valence-electron chi connectivity index (χ1n) is 7.01. The maximum atomic E-state index is 6.35. The van der Waals surface area contributed by atoms with Crippen LogP contribution in [0.2, 0.25) is 0 Å². The Balaban J connectivity index is 2.28. The number of nitrogen functional groups attached to an aromatic ring is 1. The van der Waals surface area contributed by atoms with Crippen molar-refractivity contribution in [3.05, 3.63) is 39.4 Å². The van der Waals surface area contributed by atoms with E-state index in [9.17, 15) is 0 Å². The van der Waals surface area contributed by atoms with Crippen LogP contribution in [0, 0.1) is 6.92 Å². The van der Waals surface area contributed by atoms with Gasteiger partial charge in [0, 0.05) is 10.0 Å². The van der Waals surface area contributed by atoms with E-state index in [4.69, 9.17) is 22.7 Å². The van der Waals surface area contributed by atoms with Gasteiger partial charge in [-0.2, -0.15) is 0 Å². The molecule has 0 bridgehead atoms. The van der Waals surface area contributed by atoms with Crippen molar-refractivity contribution in [1.82, 2.24) is 9.97 Å². The molecule has 3 rings (SSSR count). The minimum atomic E-state index is 0.408. The second kappa shape index (κ2) is 6.51. The molecule has 0 fully saturated rings. The molecule has 3 aromatic rings. The molecule has 4 nitrogen and oxygen atoms in total. The zero-order chi connectivity index (χ0) is 16.6. The monoisotopic (exact) mass is 407 g/mol. The summed E-state index contributed by atoms with van der Waals surface area (Å²) in [5.41, 5.74) is 8.72. The van der Waals surface area contributed by atoms with Crippen molar-refractivity contribution >= 4 is 60.4 Å². The number of benzene rings is 1. The summed E-state index contributed by atoms with van der Waals surface area (Å²) in [5, 5.41) is 1.24. The Morgan fingerprint density at radius 2 is 2.17 bits per heavy atom. The van der Waals surface area contributed by atoms with Crippen molar-refractivity contribution in [2.75, 3.05) is 12.3 Å². The molecule has 7 heteroatoms. The van der Waals surface area contributed by atoms with E-state index in [-0.39, 0.29) is 0 Å². The Hall–Kier alpha value is -1.57. The van der Waals surface area contributed by atoms with Gasteiger partial charge in [-0.3, -0.25) is 0 Å². The lowest BCUT2D eigenvalue weighted by atomic mass is 10.1. The van der Waals surface area contributed by atoms with Gasteiger partial charge in [-0.1, -0.05) is 28.1 Å². The minimum absolute atomic E-state index is 0.408. The van der Waals surface area contributed by atoms with Crippen LogP contribution in [-0.4, -0.2) is 21.6 Å². The normalized spacial score (nSPS) is 10.9. The highest BCUT2D eigenvalue weighted by atomic mass is 79.9. The largest absolute Gasteiger partial charge is 0.483 e. The molecule has 0 aliphatic heterocycles. The molecule has 0 atom stereocenters. The third-order valence-electron chi connectivity index (χ3n) is 3.26. The number of anilines is 1. The first-order valence-corrected chi connectivity index (χ1v) is 9.02. The van der Waals surface area contributed by atoms with Crippen LogP contribution in [0.1, 0.15) is 17.6 Å². The van der Waals surface area contributed by atoms with Crippen molar-refractivity contribution < 1.29 is 4.74 Å². The van der Waals surface area contributed by atoms with Gasteiger partial charge in [0.1, 0.15) is 15.5 Å². The number of halogens is 1. The number of aryl methyl sites for hydroxylation is 1. The summed E-state index contributed by atoms with van der Waals surface area (Å²) in [7, 11) is 0. The van der Waals surface area contributed by atoms with Crippen LogP contribution in [0.5, 0.6) is 0 Å². The molecule has 0 aliphatic carbocycles. The molecule has 0 spiro atoms. The number of aromatic nitrogens is 2. The second-order valence-corrected chi connectivity index (χ2v) is 7.16. The number of thiophene rings is 1. The number of nitrogens with two attached hydrogens (primary N) is 1. The summed E-state index contributed by atoms with van der Waals surface area (Å²) in [6.07, 6.45) is 0. The molecule has 0 radical (unpaired) electrons. The number of hydrogen-bond donors (Lipinski definition) is 1. The molecule has 0 saturated heterocycles. The zero-order valence-corrected chi connectivity index (χ0v) is 15.8. The van der Waals surface area contributed by atoms with Crippen molar-refractivity contribution in [3.63, 3.8) is 0 Å². The molecule has 0 unspecified atom stereocenters. The second-order valence-electron chi connectivity index (χ2n) is 4.88. The summed E-state index contributed by atoms with van der Waals surface area (Å²) in [5.74, 6) is 0.697. The number of ether oxygens (including phenoxy) is 1. The maximum absolute atomic E-state index is 6.35. The van der Waals surface area contributed by atoms with Crippen LogP contribution in [-0.2, 0) is 4.74 Å². The van der Waals surface area contributed by atoms with Crippen LogP contribution in [0.4, 0.5) is 5.69 Å². The fourth-order valence-electron chi connectivity index (χ4n) is 2.32. The summed E-state index contributed by atoms with van der Waals surface area (Å²) >= 11 is 10.3. The van der Waals surface area contributed by atoms with Crippen LogP contribution >= 0.6 is 39.5 Å². The molecule has 118 valence electrons. The van der Waals surface area contributed by atoms with E-state index in [0.717, 1.165) is 30.8 Å². The van der Waals surface area contributed by atoms with Crippen molar-refractivity contribution in [3.8, 4) is 11.3 Å². The third kappa shape index (κ3) is 3.08. The van der Waals surface area contributed by atoms with E-state index < -0.39 is 0 Å². The third-order valence-corrected chi connectivity index (χ3v) is 5.30. The Morgan fingerprint density at radius 3 is 2.87 bits per heavy atom. The first-order chi connectivity index (χ1) is 11.0. The van der Waals surface area contributed by atoms with Crippen molar-refractivity contribution in [2.24, 2.45) is 0 Å². The lowest BCUT2D eigenvalue weighted by Gasteiger charge is -2.06. The van der Waals surface area contributed by atoms with Crippen LogP contribution in [0.15, 0.2) is 28.7 Å². The van der Waals surface area contributed by atoms with E-state index in [0.29, 0.717) is 23.2 Å². The zero-order valence-electron chi connectivity index (χ0n) is 12.6. The van der Waals surface area contributed by atoms with Crippen molar-refractivity contribution in [2.45, 2.75) is 13.8 Å². The Labute approximate surface area is 151 Å². The van der Waals surface area contributed by atoms with E-state index in [2.05, 4.69) is 25.9 Å². The highest BCUT2D eigenvalue weighted by Gasteiger charge is 2.20. The summed E-state index contributed by atoms with van der Waals surface area (Å²) in [6.45, 7) is 4.28. The van der Waals surface area contributed by atoms with Gasteiger partial charge in [-0.05, 0) is 38.2 Å². The summed E-state index contributed by atoms with van der Waals surface area (Å²) < 4.78 is 6.42. The lowest BCUT2D eigenvalue weighted by molar-refractivity contribution is 0.338. The quantitative estimate of drug-likeness (QED) is 0.636. The van der Waals surface area contributed by atoms with Gasteiger partial charge in [0.25, 0.3) is 0 Å². The molecule has 2 heterocycles. The van der Waals surface area contributed by atoms with Gasteiger partial charge < -0.3 is 10.5 Å².